The van der Waals surface area contributed by atoms with Gasteiger partial charge < -0.3 is 19.3 Å². The summed E-state index contributed by atoms with van der Waals surface area (Å²) in [6, 6.07) is 0. The number of rotatable bonds is 1. The lowest BCUT2D eigenvalue weighted by atomic mass is 10.1. The average molecular weight is 188 g/mol. The van der Waals surface area contributed by atoms with Crippen molar-refractivity contribution in [3.63, 3.8) is 0 Å². The van der Waals surface area contributed by atoms with Gasteiger partial charge in [0.2, 0.25) is 0 Å². The molecule has 4 heteroatoms. The Morgan fingerprint density at radius 3 is 2.54 bits per heavy atom. The van der Waals surface area contributed by atoms with Gasteiger partial charge in [-0.05, 0) is 20.3 Å². The molecule has 1 unspecified atom stereocenters. The van der Waals surface area contributed by atoms with Crippen LogP contribution in [0, 0.1) is 0 Å². The summed E-state index contributed by atoms with van der Waals surface area (Å²) in [5, 5.41) is 9.76. The number of aliphatic hydroxyl groups excluding tert-OH is 1. The predicted molar refractivity (Wildman–Crippen MR) is 45.0 cm³/mol. The molecule has 0 aromatic carbocycles. The number of ether oxygens (including phenoxy) is 3. The Hall–Kier alpha value is -0.160. The molecular weight excluding hydrogens is 172 g/mol. The summed E-state index contributed by atoms with van der Waals surface area (Å²) in [7, 11) is 0. The van der Waals surface area contributed by atoms with Gasteiger partial charge in [0.25, 0.3) is 0 Å². The summed E-state index contributed by atoms with van der Waals surface area (Å²) >= 11 is 0. The van der Waals surface area contributed by atoms with Crippen molar-refractivity contribution in [2.75, 3.05) is 0 Å². The second-order valence-electron chi connectivity index (χ2n) is 4.04. The summed E-state index contributed by atoms with van der Waals surface area (Å²) in [5.74, 6) is -0.630. The van der Waals surface area contributed by atoms with Crippen molar-refractivity contribution in [3.8, 4) is 0 Å². The second-order valence-corrected chi connectivity index (χ2v) is 4.04. The van der Waals surface area contributed by atoms with E-state index < -0.39 is 18.2 Å². The van der Waals surface area contributed by atoms with Gasteiger partial charge in [-0.25, -0.2) is 0 Å². The van der Waals surface area contributed by atoms with Crippen molar-refractivity contribution in [1.29, 1.82) is 0 Å². The summed E-state index contributed by atoms with van der Waals surface area (Å²) in [6.07, 6.45) is -0.640. The van der Waals surface area contributed by atoms with Crippen molar-refractivity contribution in [2.24, 2.45) is 0 Å². The molecule has 2 saturated heterocycles. The van der Waals surface area contributed by atoms with E-state index in [1.165, 1.54) is 0 Å². The van der Waals surface area contributed by atoms with Crippen molar-refractivity contribution in [1.82, 2.24) is 0 Å². The van der Waals surface area contributed by atoms with Crippen LogP contribution in [0.1, 0.15) is 27.2 Å². The van der Waals surface area contributed by atoms with Gasteiger partial charge >= 0.3 is 0 Å². The fourth-order valence-electron chi connectivity index (χ4n) is 1.90. The molecular formula is C9H16O4. The van der Waals surface area contributed by atoms with Crippen LogP contribution in [0.5, 0.6) is 0 Å². The molecule has 1 N–H and O–H groups in total. The van der Waals surface area contributed by atoms with Crippen molar-refractivity contribution < 1.29 is 19.3 Å². The summed E-state index contributed by atoms with van der Waals surface area (Å²) in [6.45, 7) is 5.62. The Bertz CT molecular complexity index is 204. The van der Waals surface area contributed by atoms with E-state index in [1.807, 2.05) is 20.8 Å². The molecule has 4 atom stereocenters. The monoisotopic (exact) mass is 188 g/mol. The molecule has 0 aromatic heterocycles. The van der Waals surface area contributed by atoms with Crippen LogP contribution in [0.3, 0.4) is 0 Å². The molecule has 2 heterocycles. The molecule has 76 valence electrons. The fourth-order valence-corrected chi connectivity index (χ4v) is 1.90. The van der Waals surface area contributed by atoms with Gasteiger partial charge in [-0.1, -0.05) is 6.92 Å². The third-order valence-corrected chi connectivity index (χ3v) is 2.52. The molecule has 4 nitrogen and oxygen atoms in total. The van der Waals surface area contributed by atoms with E-state index in [0.717, 1.165) is 6.42 Å². The standard InChI is InChI=1S/C9H16O4/c1-4-5-6(10)7-8(11-5)13-9(2,3)12-7/h5-8,10H,4H2,1-3H3/t5-,6+,7-,8?/m0/s1. The third kappa shape index (κ3) is 1.48. The Labute approximate surface area is 77.8 Å². The van der Waals surface area contributed by atoms with Gasteiger partial charge in [0.15, 0.2) is 12.1 Å². The van der Waals surface area contributed by atoms with Crippen LogP contribution in [0.25, 0.3) is 0 Å². The third-order valence-electron chi connectivity index (χ3n) is 2.52. The quantitative estimate of drug-likeness (QED) is 0.655. The Morgan fingerprint density at radius 2 is 2.00 bits per heavy atom. The van der Waals surface area contributed by atoms with Gasteiger partial charge in [0.05, 0.1) is 6.10 Å². The zero-order chi connectivity index (χ0) is 9.64. The van der Waals surface area contributed by atoms with Crippen LogP contribution in [0.2, 0.25) is 0 Å². The first-order valence-corrected chi connectivity index (χ1v) is 4.72. The highest BCUT2D eigenvalue weighted by Gasteiger charge is 2.53. The van der Waals surface area contributed by atoms with E-state index in [0.29, 0.717) is 0 Å². The minimum Gasteiger partial charge on any atom is -0.387 e. The van der Waals surface area contributed by atoms with Crippen molar-refractivity contribution >= 4 is 0 Å². The van der Waals surface area contributed by atoms with E-state index in [1.54, 1.807) is 0 Å². The normalized spacial score (nSPS) is 48.0. The number of hydrogen-bond acceptors (Lipinski definition) is 4. The Kier molecular flexibility index (Phi) is 2.11. The first kappa shape index (κ1) is 9.40. The number of fused-ring (bicyclic) bond motifs is 1. The maximum absolute atomic E-state index is 9.76. The number of hydrogen-bond donors (Lipinski definition) is 1. The maximum atomic E-state index is 9.76. The molecule has 2 aliphatic heterocycles. The molecule has 0 bridgehead atoms. The minimum atomic E-state index is -0.630. The molecule has 0 aromatic rings. The minimum absolute atomic E-state index is 0.147. The van der Waals surface area contributed by atoms with Crippen LogP contribution >= 0.6 is 0 Å². The summed E-state index contributed by atoms with van der Waals surface area (Å²) < 4.78 is 16.5. The van der Waals surface area contributed by atoms with E-state index in [-0.39, 0.29) is 12.2 Å². The lowest BCUT2D eigenvalue weighted by molar-refractivity contribution is -0.214. The topological polar surface area (TPSA) is 47.9 Å². The smallest absolute Gasteiger partial charge is 0.190 e. The van der Waals surface area contributed by atoms with Gasteiger partial charge in [0.1, 0.15) is 12.2 Å². The summed E-state index contributed by atoms with van der Waals surface area (Å²) in [4.78, 5) is 0. The predicted octanol–water partition coefficient (Wildman–Crippen LogP) is 0.634. The second kappa shape index (κ2) is 2.92. The molecule has 0 saturated carbocycles. The van der Waals surface area contributed by atoms with Crippen LogP contribution in [-0.4, -0.2) is 35.5 Å². The maximum Gasteiger partial charge on any atom is 0.190 e. The highest BCUT2D eigenvalue weighted by atomic mass is 16.8. The van der Waals surface area contributed by atoms with Crippen LogP contribution in [-0.2, 0) is 14.2 Å². The van der Waals surface area contributed by atoms with Gasteiger partial charge in [0, 0.05) is 0 Å². The van der Waals surface area contributed by atoms with Crippen LogP contribution in [0.15, 0.2) is 0 Å². The first-order chi connectivity index (χ1) is 6.03. The fraction of sp³-hybridized carbons (Fsp3) is 1.00. The lowest BCUT2D eigenvalue weighted by Crippen LogP contribution is -2.34. The molecule has 0 aliphatic carbocycles. The molecule has 0 spiro atoms. The molecule has 0 amide bonds. The van der Waals surface area contributed by atoms with E-state index in [2.05, 4.69) is 0 Å². The molecule has 13 heavy (non-hydrogen) atoms. The first-order valence-electron chi connectivity index (χ1n) is 4.72. The van der Waals surface area contributed by atoms with Crippen LogP contribution < -0.4 is 0 Å². The Balaban J connectivity index is 2.07. The van der Waals surface area contributed by atoms with Crippen molar-refractivity contribution in [3.05, 3.63) is 0 Å². The highest BCUT2D eigenvalue weighted by molar-refractivity contribution is 4.92. The SMILES string of the molecule is CC[C@@H]1OC2OC(C)(C)O[C@H]2[C@@H]1O. The van der Waals surface area contributed by atoms with Gasteiger partial charge in [-0.3, -0.25) is 0 Å². The molecule has 2 aliphatic rings. The van der Waals surface area contributed by atoms with Gasteiger partial charge in [-0.15, -0.1) is 0 Å². The molecule has 2 rings (SSSR count). The van der Waals surface area contributed by atoms with E-state index in [9.17, 15) is 5.11 Å². The zero-order valence-electron chi connectivity index (χ0n) is 8.19. The molecule has 2 fully saturated rings. The highest BCUT2D eigenvalue weighted by Crippen LogP contribution is 2.37. The van der Waals surface area contributed by atoms with Crippen molar-refractivity contribution in [2.45, 2.75) is 57.6 Å². The number of aliphatic hydroxyl groups is 1. The van der Waals surface area contributed by atoms with Gasteiger partial charge in [-0.2, -0.15) is 0 Å². The lowest BCUT2D eigenvalue weighted by Gasteiger charge is -2.22. The van der Waals surface area contributed by atoms with E-state index >= 15 is 0 Å². The zero-order valence-corrected chi connectivity index (χ0v) is 8.19. The average Bonchev–Trinajstić information content (AvgIpc) is 2.47. The largest absolute Gasteiger partial charge is 0.387 e. The van der Waals surface area contributed by atoms with E-state index in [4.69, 9.17) is 14.2 Å². The summed E-state index contributed by atoms with van der Waals surface area (Å²) in [5.41, 5.74) is 0. The molecule has 0 radical (unpaired) electrons. The van der Waals surface area contributed by atoms with Crippen LogP contribution in [0.4, 0.5) is 0 Å². The Morgan fingerprint density at radius 1 is 1.31 bits per heavy atom.